The number of halogens is 1. The smallest absolute Gasteiger partial charge is 0.282 e. The molecule has 9 nitrogen and oxygen atoms in total. The SMILES string of the molecule is COc1nc(N2CCN(S(=O)(=O)N3CCOCC3)CC2)ncc1F. The number of aromatic nitrogens is 2. The first-order chi connectivity index (χ1) is 11.5. The third kappa shape index (κ3) is 3.43. The van der Waals surface area contributed by atoms with Crippen LogP contribution in [-0.4, -0.2) is 86.6 Å². The molecule has 0 unspecified atom stereocenters. The Balaban J connectivity index is 1.65. The normalized spacial score (nSPS) is 21.0. The van der Waals surface area contributed by atoms with Gasteiger partial charge in [-0.2, -0.15) is 26.4 Å². The molecule has 0 N–H and O–H groups in total. The molecule has 1 aromatic rings. The molecule has 0 amide bonds. The van der Waals surface area contributed by atoms with E-state index < -0.39 is 16.0 Å². The van der Waals surface area contributed by atoms with Crippen molar-refractivity contribution in [2.24, 2.45) is 0 Å². The van der Waals surface area contributed by atoms with Crippen molar-refractivity contribution < 1.29 is 22.3 Å². The largest absolute Gasteiger partial charge is 0.479 e. The van der Waals surface area contributed by atoms with Gasteiger partial charge in [-0.05, 0) is 0 Å². The highest BCUT2D eigenvalue weighted by Gasteiger charge is 2.33. The number of piperazine rings is 1. The Labute approximate surface area is 140 Å². The molecule has 0 saturated carbocycles. The average Bonchev–Trinajstić information content (AvgIpc) is 2.63. The minimum atomic E-state index is -3.48. The van der Waals surface area contributed by atoms with Gasteiger partial charge in [-0.25, -0.2) is 4.98 Å². The molecule has 0 bridgehead atoms. The quantitative estimate of drug-likeness (QED) is 0.702. The second-order valence-electron chi connectivity index (χ2n) is 5.43. The topological polar surface area (TPSA) is 88.1 Å². The number of anilines is 1. The van der Waals surface area contributed by atoms with Gasteiger partial charge in [0.15, 0.2) is 0 Å². The van der Waals surface area contributed by atoms with Crippen molar-refractivity contribution >= 4 is 16.2 Å². The van der Waals surface area contributed by atoms with E-state index in [0.717, 1.165) is 6.20 Å². The number of ether oxygens (including phenoxy) is 2. The molecule has 2 fully saturated rings. The van der Waals surface area contributed by atoms with Crippen LogP contribution in [0.15, 0.2) is 6.20 Å². The Hall–Kier alpha value is -1.56. The zero-order valence-corrected chi connectivity index (χ0v) is 14.2. The Morgan fingerprint density at radius 3 is 2.38 bits per heavy atom. The summed E-state index contributed by atoms with van der Waals surface area (Å²) in [7, 11) is -2.14. The summed E-state index contributed by atoms with van der Waals surface area (Å²) in [5, 5.41) is 0. The molecule has 1 aromatic heterocycles. The fraction of sp³-hybridized carbons (Fsp3) is 0.692. The minimum Gasteiger partial charge on any atom is -0.479 e. The molecule has 11 heteroatoms. The van der Waals surface area contributed by atoms with E-state index in [9.17, 15) is 12.8 Å². The highest BCUT2D eigenvalue weighted by atomic mass is 32.2. The fourth-order valence-corrected chi connectivity index (χ4v) is 4.26. The van der Waals surface area contributed by atoms with Crippen molar-refractivity contribution in [2.75, 3.05) is 64.5 Å². The minimum absolute atomic E-state index is 0.122. The number of rotatable bonds is 4. The summed E-state index contributed by atoms with van der Waals surface area (Å²) in [6.45, 7) is 3.09. The maximum absolute atomic E-state index is 13.4. The lowest BCUT2D eigenvalue weighted by atomic mass is 10.4. The van der Waals surface area contributed by atoms with Gasteiger partial charge in [0.25, 0.3) is 16.1 Å². The van der Waals surface area contributed by atoms with Crippen LogP contribution in [0.2, 0.25) is 0 Å². The third-order valence-corrected chi connectivity index (χ3v) is 6.07. The fourth-order valence-electron chi connectivity index (χ4n) is 2.70. The van der Waals surface area contributed by atoms with E-state index in [0.29, 0.717) is 58.4 Å². The highest BCUT2D eigenvalue weighted by Crippen LogP contribution is 2.20. The summed E-state index contributed by atoms with van der Waals surface area (Å²) in [6.07, 6.45) is 1.05. The first-order valence-corrected chi connectivity index (χ1v) is 9.06. The molecule has 2 aliphatic heterocycles. The van der Waals surface area contributed by atoms with Crippen LogP contribution in [0.3, 0.4) is 0 Å². The molecule has 0 radical (unpaired) electrons. The molecule has 24 heavy (non-hydrogen) atoms. The molecule has 3 heterocycles. The predicted octanol–water partition coefficient (Wildman–Crippen LogP) is -0.677. The maximum atomic E-state index is 13.4. The van der Waals surface area contributed by atoms with Crippen LogP contribution in [0.5, 0.6) is 5.88 Å². The standard InChI is InChI=1S/C13H20FN5O4S/c1-22-12-11(14)10-15-13(16-12)17-2-4-18(5-3-17)24(20,21)19-6-8-23-9-7-19/h10H,2-9H2,1H3. The van der Waals surface area contributed by atoms with Gasteiger partial charge in [0.05, 0.1) is 26.5 Å². The summed E-state index contributed by atoms with van der Waals surface area (Å²) >= 11 is 0. The van der Waals surface area contributed by atoms with Crippen molar-refractivity contribution in [1.82, 2.24) is 18.6 Å². The molecule has 0 atom stereocenters. The Kier molecular flexibility index (Phi) is 5.13. The van der Waals surface area contributed by atoms with E-state index in [1.54, 1.807) is 0 Å². The number of morpholine rings is 1. The zero-order chi connectivity index (χ0) is 17.2. The van der Waals surface area contributed by atoms with Crippen LogP contribution in [-0.2, 0) is 14.9 Å². The zero-order valence-electron chi connectivity index (χ0n) is 13.4. The first-order valence-electron chi connectivity index (χ1n) is 7.67. The summed E-state index contributed by atoms with van der Waals surface area (Å²) in [5.74, 6) is -0.421. The maximum Gasteiger partial charge on any atom is 0.282 e. The van der Waals surface area contributed by atoms with Crippen LogP contribution in [0.4, 0.5) is 10.3 Å². The number of methoxy groups -OCH3 is 1. The monoisotopic (exact) mass is 361 g/mol. The van der Waals surface area contributed by atoms with Crippen molar-refractivity contribution in [3.05, 3.63) is 12.0 Å². The second kappa shape index (κ2) is 7.13. The third-order valence-electron chi connectivity index (χ3n) is 4.04. The number of hydrogen-bond acceptors (Lipinski definition) is 7. The molecule has 134 valence electrons. The molecule has 2 saturated heterocycles. The van der Waals surface area contributed by atoms with Crippen molar-refractivity contribution in [1.29, 1.82) is 0 Å². The lowest BCUT2D eigenvalue weighted by molar-refractivity contribution is 0.0700. The molecule has 3 rings (SSSR count). The Bertz CT molecular complexity index is 675. The average molecular weight is 361 g/mol. The first kappa shape index (κ1) is 17.3. The van der Waals surface area contributed by atoms with Crippen molar-refractivity contribution in [2.45, 2.75) is 0 Å². The summed E-state index contributed by atoms with van der Waals surface area (Å²) in [6, 6.07) is 0. The molecule has 0 spiro atoms. The van der Waals surface area contributed by atoms with E-state index in [1.807, 2.05) is 4.90 Å². The van der Waals surface area contributed by atoms with Crippen molar-refractivity contribution in [3.8, 4) is 5.88 Å². The van der Waals surface area contributed by atoms with Gasteiger partial charge in [0, 0.05) is 39.3 Å². The van der Waals surface area contributed by atoms with Gasteiger partial charge >= 0.3 is 0 Å². The summed E-state index contributed by atoms with van der Waals surface area (Å²) in [5.41, 5.74) is 0. The van der Waals surface area contributed by atoms with E-state index in [4.69, 9.17) is 9.47 Å². The van der Waals surface area contributed by atoms with Gasteiger partial charge in [-0.1, -0.05) is 0 Å². The number of hydrogen-bond donors (Lipinski definition) is 0. The Morgan fingerprint density at radius 1 is 1.12 bits per heavy atom. The van der Waals surface area contributed by atoms with E-state index >= 15 is 0 Å². The predicted molar refractivity (Wildman–Crippen MR) is 83.6 cm³/mol. The van der Waals surface area contributed by atoms with Gasteiger partial charge < -0.3 is 14.4 Å². The summed E-state index contributed by atoms with van der Waals surface area (Å²) < 4.78 is 51.6. The molecular weight excluding hydrogens is 341 g/mol. The van der Waals surface area contributed by atoms with Crippen LogP contribution in [0.25, 0.3) is 0 Å². The van der Waals surface area contributed by atoms with Gasteiger partial charge in [0.1, 0.15) is 0 Å². The van der Waals surface area contributed by atoms with Crippen LogP contribution >= 0.6 is 0 Å². The molecule has 0 aliphatic carbocycles. The van der Waals surface area contributed by atoms with Crippen LogP contribution < -0.4 is 9.64 Å². The van der Waals surface area contributed by atoms with Crippen molar-refractivity contribution in [3.63, 3.8) is 0 Å². The Morgan fingerprint density at radius 2 is 1.75 bits per heavy atom. The lowest BCUT2D eigenvalue weighted by Gasteiger charge is -2.37. The van der Waals surface area contributed by atoms with Crippen LogP contribution in [0.1, 0.15) is 0 Å². The van der Waals surface area contributed by atoms with Crippen LogP contribution in [0, 0.1) is 5.82 Å². The molecule has 2 aliphatic rings. The molecule has 0 aromatic carbocycles. The van der Waals surface area contributed by atoms with E-state index in [-0.39, 0.29) is 5.88 Å². The van der Waals surface area contributed by atoms with Gasteiger partial charge in [-0.3, -0.25) is 0 Å². The number of nitrogens with zero attached hydrogens (tertiary/aromatic N) is 5. The molecular formula is C13H20FN5O4S. The van der Waals surface area contributed by atoms with E-state index in [1.165, 1.54) is 15.7 Å². The van der Waals surface area contributed by atoms with Gasteiger partial charge in [0.2, 0.25) is 11.8 Å². The van der Waals surface area contributed by atoms with Gasteiger partial charge in [-0.15, -0.1) is 0 Å². The second-order valence-corrected chi connectivity index (χ2v) is 7.36. The summed E-state index contributed by atoms with van der Waals surface area (Å²) in [4.78, 5) is 9.78. The lowest BCUT2D eigenvalue weighted by Crippen LogP contribution is -2.55. The highest BCUT2D eigenvalue weighted by molar-refractivity contribution is 7.86. The van der Waals surface area contributed by atoms with E-state index in [2.05, 4.69) is 9.97 Å².